The van der Waals surface area contributed by atoms with Gasteiger partial charge in [-0.15, -0.1) is 0 Å². The zero-order valence-corrected chi connectivity index (χ0v) is 11.9. The number of likely N-dealkylation sites (N-methyl/N-ethyl adjacent to an activating group) is 1. The second kappa shape index (κ2) is 5.78. The minimum absolute atomic E-state index is 0.301. The Hall–Kier alpha value is -1.64. The average molecular weight is 267 g/mol. The number of hydrogen-bond acceptors (Lipinski definition) is 2. The quantitative estimate of drug-likeness (QED) is 0.922. The van der Waals surface area contributed by atoms with Gasteiger partial charge in [-0.25, -0.2) is 0 Å². The second-order valence-electron chi connectivity index (χ2n) is 5.61. The molecule has 0 bridgehead atoms. The third kappa shape index (κ3) is 2.62. The highest BCUT2D eigenvalue weighted by Crippen LogP contribution is 2.35. The smallest absolute Gasteiger partial charge is 0.0808 e. The highest BCUT2D eigenvalue weighted by molar-refractivity contribution is 5.33. The molecule has 0 saturated carbocycles. The molecule has 2 atom stereocenters. The highest BCUT2D eigenvalue weighted by atomic mass is 16.3. The first-order valence-corrected chi connectivity index (χ1v) is 7.27. The molecule has 3 rings (SSSR count). The van der Waals surface area contributed by atoms with E-state index in [0.29, 0.717) is 6.04 Å². The predicted molar refractivity (Wildman–Crippen MR) is 81.5 cm³/mol. The summed E-state index contributed by atoms with van der Waals surface area (Å²) in [7, 11) is 2.15. The molecular weight excluding hydrogens is 246 g/mol. The van der Waals surface area contributed by atoms with Gasteiger partial charge >= 0.3 is 0 Å². The van der Waals surface area contributed by atoms with Crippen LogP contribution in [0.4, 0.5) is 0 Å². The van der Waals surface area contributed by atoms with Gasteiger partial charge in [-0.05, 0) is 36.6 Å². The third-order valence-electron chi connectivity index (χ3n) is 4.31. The van der Waals surface area contributed by atoms with E-state index in [1.807, 2.05) is 30.3 Å². The van der Waals surface area contributed by atoms with Crippen LogP contribution >= 0.6 is 0 Å². The highest BCUT2D eigenvalue weighted by Gasteiger charge is 2.26. The maximum atomic E-state index is 10.5. The van der Waals surface area contributed by atoms with E-state index in [1.165, 1.54) is 11.1 Å². The molecule has 0 saturated heterocycles. The van der Waals surface area contributed by atoms with Crippen molar-refractivity contribution in [2.75, 3.05) is 13.6 Å². The Morgan fingerprint density at radius 2 is 1.80 bits per heavy atom. The Labute approximate surface area is 120 Å². The predicted octanol–water partition coefficient (Wildman–Crippen LogP) is 3.34. The van der Waals surface area contributed by atoms with Gasteiger partial charge in [-0.3, -0.25) is 4.90 Å². The van der Waals surface area contributed by atoms with Gasteiger partial charge in [0.05, 0.1) is 6.10 Å². The third-order valence-corrected chi connectivity index (χ3v) is 4.31. The van der Waals surface area contributed by atoms with Crippen LogP contribution in [-0.2, 0) is 6.42 Å². The van der Waals surface area contributed by atoms with Crippen LogP contribution in [0.3, 0.4) is 0 Å². The van der Waals surface area contributed by atoms with E-state index in [1.54, 1.807) is 0 Å². The van der Waals surface area contributed by atoms with Gasteiger partial charge in [0.25, 0.3) is 0 Å². The summed E-state index contributed by atoms with van der Waals surface area (Å²) in [6.07, 6.45) is 1.44. The lowest BCUT2D eigenvalue weighted by atomic mass is 9.88. The SMILES string of the molecule is CN1CCc2ccccc2[C@@H]1C[C@@H](O)c1ccccc1. The van der Waals surface area contributed by atoms with Gasteiger partial charge in [-0.1, -0.05) is 54.6 Å². The topological polar surface area (TPSA) is 23.5 Å². The van der Waals surface area contributed by atoms with Crippen LogP contribution in [0.15, 0.2) is 54.6 Å². The lowest BCUT2D eigenvalue weighted by Crippen LogP contribution is -2.33. The first-order chi connectivity index (χ1) is 9.75. The standard InChI is InChI=1S/C18H21NO/c1-19-12-11-14-7-5-6-10-16(14)17(19)13-18(20)15-8-3-2-4-9-15/h2-10,17-18,20H,11-13H2,1H3/t17-,18+/m0/s1. The molecule has 0 aliphatic carbocycles. The van der Waals surface area contributed by atoms with Crippen LogP contribution in [0.1, 0.15) is 35.3 Å². The van der Waals surface area contributed by atoms with Crippen molar-refractivity contribution >= 4 is 0 Å². The van der Waals surface area contributed by atoms with E-state index in [-0.39, 0.29) is 0 Å². The molecule has 2 aromatic carbocycles. The molecule has 0 radical (unpaired) electrons. The van der Waals surface area contributed by atoms with Gasteiger partial charge < -0.3 is 5.11 Å². The zero-order chi connectivity index (χ0) is 13.9. The first-order valence-electron chi connectivity index (χ1n) is 7.27. The molecule has 0 unspecified atom stereocenters. The van der Waals surface area contributed by atoms with Crippen LogP contribution in [-0.4, -0.2) is 23.6 Å². The normalized spacial score (nSPS) is 20.4. The number of hydrogen-bond donors (Lipinski definition) is 1. The number of nitrogens with zero attached hydrogens (tertiary/aromatic N) is 1. The van der Waals surface area contributed by atoms with E-state index in [2.05, 4.69) is 36.2 Å². The average Bonchev–Trinajstić information content (AvgIpc) is 2.51. The van der Waals surface area contributed by atoms with Gasteiger partial charge in [0.2, 0.25) is 0 Å². The number of benzene rings is 2. The molecule has 0 amide bonds. The fourth-order valence-corrected chi connectivity index (χ4v) is 3.11. The fourth-order valence-electron chi connectivity index (χ4n) is 3.11. The van der Waals surface area contributed by atoms with E-state index in [0.717, 1.165) is 24.9 Å². The summed E-state index contributed by atoms with van der Waals surface area (Å²) in [4.78, 5) is 2.36. The molecule has 104 valence electrons. The van der Waals surface area contributed by atoms with Crippen LogP contribution < -0.4 is 0 Å². The maximum Gasteiger partial charge on any atom is 0.0808 e. The Balaban J connectivity index is 1.83. The maximum absolute atomic E-state index is 10.5. The molecule has 1 aliphatic heterocycles. The first kappa shape index (κ1) is 13.3. The van der Waals surface area contributed by atoms with Crippen molar-refractivity contribution in [3.05, 3.63) is 71.3 Å². The monoisotopic (exact) mass is 267 g/mol. The van der Waals surface area contributed by atoms with Crippen LogP contribution in [0.25, 0.3) is 0 Å². The van der Waals surface area contributed by atoms with Crippen molar-refractivity contribution < 1.29 is 5.11 Å². The molecule has 2 nitrogen and oxygen atoms in total. The van der Waals surface area contributed by atoms with Gasteiger partial charge in [-0.2, -0.15) is 0 Å². The second-order valence-corrected chi connectivity index (χ2v) is 5.61. The van der Waals surface area contributed by atoms with Gasteiger partial charge in [0.15, 0.2) is 0 Å². The molecule has 0 spiro atoms. The Morgan fingerprint density at radius 1 is 1.10 bits per heavy atom. The van der Waals surface area contributed by atoms with Crippen molar-refractivity contribution in [2.24, 2.45) is 0 Å². The molecule has 2 heteroatoms. The molecule has 1 aliphatic rings. The molecule has 1 heterocycles. The Kier molecular flexibility index (Phi) is 3.86. The molecular formula is C18H21NO. The number of rotatable bonds is 3. The van der Waals surface area contributed by atoms with Crippen molar-refractivity contribution in [1.82, 2.24) is 4.90 Å². The summed E-state index contributed by atoms with van der Waals surface area (Å²) < 4.78 is 0. The van der Waals surface area contributed by atoms with Crippen LogP contribution in [0.5, 0.6) is 0 Å². The minimum Gasteiger partial charge on any atom is -0.388 e. The Bertz CT molecular complexity index is 567. The lowest BCUT2D eigenvalue weighted by Gasteiger charge is -2.35. The summed E-state index contributed by atoms with van der Waals surface area (Å²) in [6, 6.07) is 18.9. The molecule has 2 aromatic rings. The van der Waals surface area contributed by atoms with Crippen molar-refractivity contribution in [1.29, 1.82) is 0 Å². The zero-order valence-electron chi connectivity index (χ0n) is 11.9. The summed E-state index contributed by atoms with van der Waals surface area (Å²) in [5, 5.41) is 10.5. The van der Waals surface area contributed by atoms with Gasteiger partial charge in [0.1, 0.15) is 0 Å². The van der Waals surface area contributed by atoms with E-state index in [9.17, 15) is 5.11 Å². The summed E-state index contributed by atoms with van der Waals surface area (Å²) in [6.45, 7) is 1.06. The van der Waals surface area contributed by atoms with E-state index < -0.39 is 6.10 Å². The Morgan fingerprint density at radius 3 is 2.60 bits per heavy atom. The van der Waals surface area contributed by atoms with Crippen molar-refractivity contribution in [3.63, 3.8) is 0 Å². The summed E-state index contributed by atoms with van der Waals surface area (Å²) in [5.41, 5.74) is 3.80. The van der Waals surface area contributed by atoms with E-state index >= 15 is 0 Å². The van der Waals surface area contributed by atoms with Crippen LogP contribution in [0, 0.1) is 0 Å². The largest absolute Gasteiger partial charge is 0.388 e. The van der Waals surface area contributed by atoms with Crippen molar-refractivity contribution in [2.45, 2.75) is 25.0 Å². The number of aliphatic hydroxyl groups excluding tert-OH is 1. The number of aliphatic hydroxyl groups is 1. The summed E-state index contributed by atoms with van der Waals surface area (Å²) >= 11 is 0. The van der Waals surface area contributed by atoms with Gasteiger partial charge in [0, 0.05) is 12.6 Å². The van der Waals surface area contributed by atoms with Crippen molar-refractivity contribution in [3.8, 4) is 0 Å². The van der Waals surface area contributed by atoms with Crippen LogP contribution in [0.2, 0.25) is 0 Å². The minimum atomic E-state index is -0.408. The molecule has 0 aromatic heterocycles. The van der Waals surface area contributed by atoms with E-state index in [4.69, 9.17) is 0 Å². The molecule has 20 heavy (non-hydrogen) atoms. The lowest BCUT2D eigenvalue weighted by molar-refractivity contribution is 0.109. The molecule has 0 fully saturated rings. The summed E-state index contributed by atoms with van der Waals surface area (Å²) in [5.74, 6) is 0. The fraction of sp³-hybridized carbons (Fsp3) is 0.333. The molecule has 1 N–H and O–H groups in total. The number of fused-ring (bicyclic) bond motifs is 1.